The van der Waals surface area contributed by atoms with Crippen LogP contribution in [0.15, 0.2) is 22.9 Å². The van der Waals surface area contributed by atoms with Crippen molar-refractivity contribution in [2.24, 2.45) is 0 Å². The van der Waals surface area contributed by atoms with Gasteiger partial charge in [-0.3, -0.25) is 0 Å². The lowest BCUT2D eigenvalue weighted by Gasteiger charge is -2.21. The van der Waals surface area contributed by atoms with Crippen LogP contribution < -0.4 is 0 Å². The van der Waals surface area contributed by atoms with Crippen LogP contribution in [0.4, 0.5) is 0 Å². The number of pyridine rings is 1. The molecule has 0 radical (unpaired) electrons. The molecule has 0 bridgehead atoms. The highest BCUT2D eigenvalue weighted by Crippen LogP contribution is 2.30. The van der Waals surface area contributed by atoms with Crippen LogP contribution in [0.3, 0.4) is 0 Å². The van der Waals surface area contributed by atoms with E-state index in [1.807, 2.05) is 13.8 Å². The van der Waals surface area contributed by atoms with Crippen LogP contribution >= 0.6 is 15.9 Å². The number of ether oxygens (including phenoxy) is 2. The lowest BCUT2D eigenvalue weighted by atomic mass is 10.3. The highest BCUT2D eigenvalue weighted by atomic mass is 79.9. The Bertz CT molecular complexity index is 783. The molecule has 0 saturated carbocycles. The first kappa shape index (κ1) is 18.3. The maximum absolute atomic E-state index is 12.8. The van der Waals surface area contributed by atoms with Crippen molar-refractivity contribution in [2.45, 2.75) is 20.1 Å². The smallest absolute Gasteiger partial charge is 0.307 e. The molecule has 7 nitrogen and oxygen atoms in total. The molecule has 0 amide bonds. The molecule has 0 spiro atoms. The van der Waals surface area contributed by atoms with Crippen molar-refractivity contribution in [3.05, 3.63) is 28.6 Å². The normalized spacial score (nSPS) is 12.7. The zero-order valence-electron chi connectivity index (χ0n) is 13.5. The molecule has 0 aliphatic carbocycles. The summed E-state index contributed by atoms with van der Waals surface area (Å²) in [6, 6.07) is 3.39. The minimum Gasteiger partial charge on any atom is -0.347 e. The van der Waals surface area contributed by atoms with Crippen LogP contribution in [0.1, 0.15) is 25.8 Å². The van der Waals surface area contributed by atoms with Gasteiger partial charge >= 0.3 is 10.2 Å². The number of fused-ring (bicyclic) bond motifs is 1. The first-order valence-corrected chi connectivity index (χ1v) is 9.35. The first-order valence-electron chi connectivity index (χ1n) is 7.16. The zero-order chi connectivity index (χ0) is 17.2. The fraction of sp³-hybridized carbons (Fsp3) is 0.500. The number of hydrogen-bond acceptors (Lipinski definition) is 5. The summed E-state index contributed by atoms with van der Waals surface area (Å²) in [5.74, 6) is 0. The summed E-state index contributed by atoms with van der Waals surface area (Å²) in [5, 5.41) is 0.693. The van der Waals surface area contributed by atoms with E-state index in [2.05, 4.69) is 20.9 Å². The van der Waals surface area contributed by atoms with Gasteiger partial charge in [0.1, 0.15) is 4.60 Å². The molecule has 0 N–H and O–H groups in total. The van der Waals surface area contributed by atoms with E-state index in [-0.39, 0.29) is 0 Å². The number of nitrogens with zero attached hydrogens (tertiary/aromatic N) is 3. The molecule has 0 aliphatic heterocycles. The number of halogens is 1. The maximum atomic E-state index is 12.8. The molecule has 2 heterocycles. The predicted octanol–water partition coefficient (Wildman–Crippen LogP) is 2.52. The minimum absolute atomic E-state index is 0.399. The van der Waals surface area contributed by atoms with Gasteiger partial charge in [-0.2, -0.15) is 12.7 Å². The van der Waals surface area contributed by atoms with E-state index in [9.17, 15) is 8.42 Å². The van der Waals surface area contributed by atoms with Gasteiger partial charge in [0, 0.05) is 38.9 Å². The monoisotopic (exact) mass is 405 g/mol. The van der Waals surface area contributed by atoms with E-state index in [1.165, 1.54) is 18.1 Å². The van der Waals surface area contributed by atoms with E-state index in [0.29, 0.717) is 34.4 Å². The van der Waals surface area contributed by atoms with Gasteiger partial charge in [0.25, 0.3) is 0 Å². The predicted molar refractivity (Wildman–Crippen MR) is 91.4 cm³/mol. The minimum atomic E-state index is -3.75. The van der Waals surface area contributed by atoms with Gasteiger partial charge in [-0.05, 0) is 41.9 Å². The lowest BCUT2D eigenvalue weighted by molar-refractivity contribution is -0.142. The van der Waals surface area contributed by atoms with Crippen molar-refractivity contribution in [1.29, 1.82) is 0 Å². The van der Waals surface area contributed by atoms with Gasteiger partial charge in [0.05, 0.1) is 11.2 Å². The third-order valence-electron chi connectivity index (χ3n) is 3.20. The van der Waals surface area contributed by atoms with Crippen molar-refractivity contribution < 1.29 is 17.9 Å². The van der Waals surface area contributed by atoms with Gasteiger partial charge in [0.2, 0.25) is 0 Å². The standard InChI is InChI=1S/C14H20BrN3O4S/c1-5-21-14(22-6-2)12-7-10-9-16-13(15)8-11(10)18(12)23(19,20)17(3)4/h7-9,14H,5-6H2,1-4H3. The number of aromatic nitrogens is 2. The molecule has 2 aromatic heterocycles. The molecule has 2 aromatic rings. The summed E-state index contributed by atoms with van der Waals surface area (Å²) in [6.45, 7) is 4.46. The summed E-state index contributed by atoms with van der Waals surface area (Å²) in [7, 11) is -0.780. The second kappa shape index (κ2) is 7.27. The summed E-state index contributed by atoms with van der Waals surface area (Å²) in [5.41, 5.74) is 0.928. The van der Waals surface area contributed by atoms with E-state index >= 15 is 0 Å². The van der Waals surface area contributed by atoms with Crippen LogP contribution in [0.5, 0.6) is 0 Å². The first-order chi connectivity index (χ1) is 10.8. The molecule has 2 rings (SSSR count). The summed E-state index contributed by atoms with van der Waals surface area (Å²) >= 11 is 3.28. The average molecular weight is 406 g/mol. The third kappa shape index (κ3) is 3.58. The number of hydrogen-bond donors (Lipinski definition) is 0. The van der Waals surface area contributed by atoms with Gasteiger partial charge in [-0.25, -0.2) is 8.96 Å². The van der Waals surface area contributed by atoms with Crippen LogP contribution in [0.25, 0.3) is 10.9 Å². The van der Waals surface area contributed by atoms with Gasteiger partial charge in [-0.1, -0.05) is 0 Å². The van der Waals surface area contributed by atoms with Gasteiger partial charge in [-0.15, -0.1) is 0 Å². The molecular formula is C14H20BrN3O4S. The van der Waals surface area contributed by atoms with Crippen LogP contribution in [0, 0.1) is 0 Å². The Morgan fingerprint density at radius 2 is 1.87 bits per heavy atom. The summed E-state index contributed by atoms with van der Waals surface area (Å²) in [4.78, 5) is 4.15. The van der Waals surface area contributed by atoms with Crippen LogP contribution in [0.2, 0.25) is 0 Å². The third-order valence-corrected chi connectivity index (χ3v) is 5.43. The molecule has 23 heavy (non-hydrogen) atoms. The van der Waals surface area contributed by atoms with Crippen molar-refractivity contribution in [3.63, 3.8) is 0 Å². The highest BCUT2D eigenvalue weighted by Gasteiger charge is 2.28. The molecule has 128 valence electrons. The Hall–Kier alpha value is -1.00. The zero-order valence-corrected chi connectivity index (χ0v) is 15.9. The average Bonchev–Trinajstić information content (AvgIpc) is 2.85. The molecular weight excluding hydrogens is 386 g/mol. The Kier molecular flexibility index (Phi) is 5.79. The molecule has 0 aromatic carbocycles. The largest absolute Gasteiger partial charge is 0.347 e. The van der Waals surface area contributed by atoms with Crippen molar-refractivity contribution in [3.8, 4) is 0 Å². The quantitative estimate of drug-likeness (QED) is 0.522. The second-order valence-electron chi connectivity index (χ2n) is 4.93. The lowest BCUT2D eigenvalue weighted by Crippen LogP contribution is -2.31. The van der Waals surface area contributed by atoms with Gasteiger partial charge in [0.15, 0.2) is 6.29 Å². The maximum Gasteiger partial charge on any atom is 0.307 e. The topological polar surface area (TPSA) is 73.7 Å². The second-order valence-corrected chi connectivity index (χ2v) is 7.74. The van der Waals surface area contributed by atoms with Crippen LogP contribution in [-0.2, 0) is 19.7 Å². The summed E-state index contributed by atoms with van der Waals surface area (Å²) < 4.78 is 39.7. The van der Waals surface area contributed by atoms with Crippen molar-refractivity contribution >= 4 is 37.0 Å². The van der Waals surface area contributed by atoms with E-state index in [1.54, 1.807) is 18.3 Å². The summed E-state index contributed by atoms with van der Waals surface area (Å²) in [6.07, 6.45) is 0.838. The number of rotatable bonds is 7. The Morgan fingerprint density at radius 3 is 2.39 bits per heavy atom. The molecule has 0 saturated heterocycles. The van der Waals surface area contributed by atoms with E-state index in [0.717, 1.165) is 4.31 Å². The van der Waals surface area contributed by atoms with E-state index in [4.69, 9.17) is 9.47 Å². The van der Waals surface area contributed by atoms with Crippen molar-refractivity contribution in [2.75, 3.05) is 27.3 Å². The highest BCUT2D eigenvalue weighted by molar-refractivity contribution is 9.10. The van der Waals surface area contributed by atoms with Crippen molar-refractivity contribution in [1.82, 2.24) is 13.3 Å². The fourth-order valence-electron chi connectivity index (χ4n) is 2.18. The molecule has 0 unspecified atom stereocenters. The molecule has 0 fully saturated rings. The fourth-order valence-corrected chi connectivity index (χ4v) is 3.64. The molecule has 9 heteroatoms. The Morgan fingerprint density at radius 1 is 1.26 bits per heavy atom. The Labute approximate surface area is 144 Å². The van der Waals surface area contributed by atoms with Gasteiger partial charge < -0.3 is 9.47 Å². The Balaban J connectivity index is 2.77. The van der Waals surface area contributed by atoms with E-state index < -0.39 is 16.5 Å². The molecule has 0 atom stereocenters. The molecule has 0 aliphatic rings. The van der Waals surface area contributed by atoms with Crippen LogP contribution in [-0.4, -0.2) is 49.0 Å². The SMILES string of the molecule is CCOC(OCC)c1cc2cnc(Br)cc2n1S(=O)(=O)N(C)C.